The van der Waals surface area contributed by atoms with E-state index in [-0.39, 0.29) is 12.5 Å². The molecule has 3 nitrogen and oxygen atoms in total. The minimum absolute atomic E-state index is 0.118. The van der Waals surface area contributed by atoms with Gasteiger partial charge >= 0.3 is 0 Å². The molecule has 0 aliphatic heterocycles. The van der Waals surface area contributed by atoms with E-state index in [1.807, 2.05) is 24.3 Å². The number of nitrogens with one attached hydrogen (secondary N) is 1. The van der Waals surface area contributed by atoms with Crippen molar-refractivity contribution in [3.8, 4) is 16.9 Å². The summed E-state index contributed by atoms with van der Waals surface area (Å²) in [5, 5.41) is 3.60. The monoisotopic (exact) mass is 385 g/mol. The fourth-order valence-electron chi connectivity index (χ4n) is 2.42. The van der Waals surface area contributed by atoms with Crippen LogP contribution >= 0.6 is 23.2 Å². The Labute approximate surface area is 162 Å². The van der Waals surface area contributed by atoms with Gasteiger partial charge < -0.3 is 10.1 Å². The number of aryl methyl sites for hydroxylation is 1. The molecule has 3 aromatic carbocycles. The van der Waals surface area contributed by atoms with Gasteiger partial charge in [0.25, 0.3) is 5.91 Å². The van der Waals surface area contributed by atoms with Crippen molar-refractivity contribution in [2.75, 3.05) is 11.9 Å². The molecule has 0 atom stereocenters. The molecule has 0 radical (unpaired) electrons. The number of benzene rings is 3. The Kier molecular flexibility index (Phi) is 5.82. The minimum atomic E-state index is -0.309. The fourth-order valence-corrected chi connectivity index (χ4v) is 2.75. The average Bonchev–Trinajstić information content (AvgIpc) is 2.64. The van der Waals surface area contributed by atoms with Crippen molar-refractivity contribution in [2.45, 2.75) is 6.92 Å². The molecule has 0 spiro atoms. The molecule has 0 unspecified atom stereocenters. The van der Waals surface area contributed by atoms with Crippen LogP contribution in [-0.4, -0.2) is 12.5 Å². The van der Waals surface area contributed by atoms with Crippen LogP contribution in [0.5, 0.6) is 5.75 Å². The second-order valence-corrected chi connectivity index (χ2v) is 6.70. The number of carbonyl (C=O) groups is 1. The van der Waals surface area contributed by atoms with E-state index in [0.29, 0.717) is 21.5 Å². The van der Waals surface area contributed by atoms with E-state index in [4.69, 9.17) is 27.9 Å². The summed E-state index contributed by atoms with van der Waals surface area (Å²) in [5.74, 6) is 0.310. The second kappa shape index (κ2) is 8.26. The Hall–Kier alpha value is -2.49. The molecule has 0 fully saturated rings. The zero-order valence-corrected chi connectivity index (χ0v) is 15.6. The molecule has 1 N–H and O–H groups in total. The van der Waals surface area contributed by atoms with Crippen LogP contribution in [0.4, 0.5) is 5.69 Å². The number of hydrogen-bond donors (Lipinski definition) is 1. The van der Waals surface area contributed by atoms with Crippen molar-refractivity contribution in [3.05, 3.63) is 82.3 Å². The SMILES string of the molecule is Cc1ccc(-c2ccc(OCC(=O)Nc3cc(Cl)ccc3Cl)cc2)cc1. The van der Waals surface area contributed by atoms with Crippen LogP contribution in [-0.2, 0) is 4.79 Å². The van der Waals surface area contributed by atoms with Crippen LogP contribution in [0.25, 0.3) is 11.1 Å². The predicted molar refractivity (Wildman–Crippen MR) is 107 cm³/mol. The lowest BCUT2D eigenvalue weighted by Gasteiger charge is -2.10. The lowest BCUT2D eigenvalue weighted by molar-refractivity contribution is -0.118. The maximum atomic E-state index is 12.0. The van der Waals surface area contributed by atoms with Crippen molar-refractivity contribution in [2.24, 2.45) is 0 Å². The number of rotatable bonds is 5. The lowest BCUT2D eigenvalue weighted by atomic mass is 10.0. The zero-order valence-electron chi connectivity index (χ0n) is 14.1. The predicted octanol–water partition coefficient (Wildman–Crippen LogP) is 5.99. The lowest BCUT2D eigenvalue weighted by Crippen LogP contribution is -2.20. The van der Waals surface area contributed by atoms with Gasteiger partial charge in [0.05, 0.1) is 10.7 Å². The molecule has 0 aliphatic rings. The first-order chi connectivity index (χ1) is 12.5. The molecule has 0 saturated heterocycles. The average molecular weight is 386 g/mol. The van der Waals surface area contributed by atoms with Gasteiger partial charge in [0.15, 0.2) is 6.61 Å². The van der Waals surface area contributed by atoms with E-state index in [9.17, 15) is 4.79 Å². The van der Waals surface area contributed by atoms with Crippen LogP contribution in [0.3, 0.4) is 0 Å². The highest BCUT2D eigenvalue weighted by atomic mass is 35.5. The number of carbonyl (C=O) groups excluding carboxylic acids is 1. The van der Waals surface area contributed by atoms with E-state index in [2.05, 4.69) is 36.5 Å². The maximum absolute atomic E-state index is 12.0. The quantitative estimate of drug-likeness (QED) is 0.585. The highest BCUT2D eigenvalue weighted by Crippen LogP contribution is 2.26. The zero-order chi connectivity index (χ0) is 18.5. The van der Waals surface area contributed by atoms with Crippen LogP contribution in [0.15, 0.2) is 66.7 Å². The molecule has 0 bridgehead atoms. The van der Waals surface area contributed by atoms with Gasteiger partial charge in [-0.2, -0.15) is 0 Å². The fraction of sp³-hybridized carbons (Fsp3) is 0.0952. The topological polar surface area (TPSA) is 38.3 Å². The van der Waals surface area contributed by atoms with Crippen LogP contribution in [0, 0.1) is 6.92 Å². The number of ether oxygens (including phenoxy) is 1. The molecule has 0 aliphatic carbocycles. The van der Waals surface area contributed by atoms with Gasteiger partial charge in [-0.05, 0) is 48.4 Å². The van der Waals surface area contributed by atoms with E-state index in [0.717, 1.165) is 11.1 Å². The molecule has 3 rings (SSSR count). The van der Waals surface area contributed by atoms with Gasteiger partial charge in [0.2, 0.25) is 0 Å². The molecular formula is C21H17Cl2NO2. The molecule has 132 valence electrons. The Morgan fingerprint density at radius 1 is 0.923 bits per heavy atom. The smallest absolute Gasteiger partial charge is 0.262 e. The Balaban J connectivity index is 1.58. The Morgan fingerprint density at radius 2 is 1.54 bits per heavy atom. The van der Waals surface area contributed by atoms with Gasteiger partial charge in [-0.15, -0.1) is 0 Å². The first-order valence-electron chi connectivity index (χ1n) is 8.06. The summed E-state index contributed by atoms with van der Waals surface area (Å²) in [5.41, 5.74) is 3.91. The number of amides is 1. The highest BCUT2D eigenvalue weighted by molar-refractivity contribution is 6.35. The van der Waals surface area contributed by atoms with E-state index in [1.54, 1.807) is 18.2 Å². The van der Waals surface area contributed by atoms with Crippen molar-refractivity contribution < 1.29 is 9.53 Å². The van der Waals surface area contributed by atoms with Crippen molar-refractivity contribution in [1.29, 1.82) is 0 Å². The molecule has 1 amide bonds. The summed E-state index contributed by atoms with van der Waals surface area (Å²) >= 11 is 11.9. The first kappa shape index (κ1) is 18.3. The summed E-state index contributed by atoms with van der Waals surface area (Å²) in [6.45, 7) is 1.94. The van der Waals surface area contributed by atoms with E-state index in [1.165, 1.54) is 5.56 Å². The van der Waals surface area contributed by atoms with Gasteiger partial charge in [-0.3, -0.25) is 4.79 Å². The third kappa shape index (κ3) is 4.78. The summed E-state index contributed by atoms with van der Waals surface area (Å²) in [7, 11) is 0. The van der Waals surface area contributed by atoms with Crippen molar-refractivity contribution in [3.63, 3.8) is 0 Å². The first-order valence-corrected chi connectivity index (χ1v) is 8.82. The van der Waals surface area contributed by atoms with Gasteiger partial charge in [0, 0.05) is 5.02 Å². The summed E-state index contributed by atoms with van der Waals surface area (Å²) < 4.78 is 5.53. The third-order valence-electron chi connectivity index (χ3n) is 3.81. The van der Waals surface area contributed by atoms with Crippen molar-refractivity contribution >= 4 is 34.8 Å². The number of anilines is 1. The van der Waals surface area contributed by atoms with Gasteiger partial charge in [-0.25, -0.2) is 0 Å². The molecule has 26 heavy (non-hydrogen) atoms. The maximum Gasteiger partial charge on any atom is 0.262 e. The third-order valence-corrected chi connectivity index (χ3v) is 4.38. The standard InChI is InChI=1S/C21H17Cl2NO2/c1-14-2-4-15(5-3-14)16-6-9-18(10-7-16)26-13-21(25)24-20-12-17(22)8-11-19(20)23/h2-12H,13H2,1H3,(H,24,25). The second-order valence-electron chi connectivity index (χ2n) is 5.85. The molecule has 0 saturated carbocycles. The number of halogens is 2. The molecular weight excluding hydrogens is 369 g/mol. The van der Waals surface area contributed by atoms with Crippen LogP contribution in [0.1, 0.15) is 5.56 Å². The minimum Gasteiger partial charge on any atom is -0.484 e. The molecule has 3 aromatic rings. The summed E-state index contributed by atoms with van der Waals surface area (Å²) in [4.78, 5) is 12.0. The number of hydrogen-bond acceptors (Lipinski definition) is 2. The van der Waals surface area contributed by atoms with Gasteiger partial charge in [0.1, 0.15) is 5.75 Å². The molecule has 0 aromatic heterocycles. The molecule has 0 heterocycles. The summed E-state index contributed by atoms with van der Waals surface area (Å²) in [6, 6.07) is 20.8. The van der Waals surface area contributed by atoms with E-state index >= 15 is 0 Å². The van der Waals surface area contributed by atoms with Crippen LogP contribution in [0.2, 0.25) is 10.0 Å². The largest absolute Gasteiger partial charge is 0.484 e. The highest BCUT2D eigenvalue weighted by Gasteiger charge is 2.08. The van der Waals surface area contributed by atoms with Crippen molar-refractivity contribution in [1.82, 2.24) is 0 Å². The van der Waals surface area contributed by atoms with E-state index < -0.39 is 0 Å². The normalized spacial score (nSPS) is 10.4. The van der Waals surface area contributed by atoms with Crippen LogP contribution < -0.4 is 10.1 Å². The molecule has 5 heteroatoms. The Bertz CT molecular complexity index is 906. The summed E-state index contributed by atoms with van der Waals surface area (Å²) in [6.07, 6.45) is 0. The van der Waals surface area contributed by atoms with Gasteiger partial charge in [-0.1, -0.05) is 65.2 Å². The Morgan fingerprint density at radius 3 is 2.19 bits per heavy atom.